The highest BCUT2D eigenvalue weighted by Crippen LogP contribution is 2.27. The molecule has 4 heterocycles. The number of amides is 1. The van der Waals surface area contributed by atoms with Crippen LogP contribution in [0.2, 0.25) is 0 Å². The van der Waals surface area contributed by atoms with Crippen LogP contribution in [0.5, 0.6) is 0 Å². The smallest absolute Gasteiger partial charge is 0.254 e. The maximum absolute atomic E-state index is 14.2. The number of piperazine rings is 1. The molecule has 2 saturated heterocycles. The Morgan fingerprint density at radius 1 is 1.00 bits per heavy atom. The van der Waals surface area contributed by atoms with E-state index in [4.69, 9.17) is 0 Å². The summed E-state index contributed by atoms with van der Waals surface area (Å²) in [4.78, 5) is 26.7. The van der Waals surface area contributed by atoms with Gasteiger partial charge in [0.1, 0.15) is 5.82 Å². The van der Waals surface area contributed by atoms with Gasteiger partial charge in [0.2, 0.25) is 0 Å². The number of fused-ring (bicyclic) bond motifs is 1. The molecule has 0 unspecified atom stereocenters. The molecule has 2 aromatic heterocycles. The van der Waals surface area contributed by atoms with Crippen molar-refractivity contribution in [2.24, 2.45) is 0 Å². The molecule has 0 atom stereocenters. The lowest BCUT2D eigenvalue weighted by molar-refractivity contribution is 0.0501. The lowest BCUT2D eigenvalue weighted by atomic mass is 10.1. The van der Waals surface area contributed by atoms with Gasteiger partial charge in [-0.2, -0.15) is 0 Å². The second-order valence-electron chi connectivity index (χ2n) is 10.9. The summed E-state index contributed by atoms with van der Waals surface area (Å²) in [5.74, 6) is 0.419. The summed E-state index contributed by atoms with van der Waals surface area (Å²) < 4.78 is 16.1. The third-order valence-electron chi connectivity index (χ3n) is 7.99. The fourth-order valence-electron chi connectivity index (χ4n) is 5.08. The van der Waals surface area contributed by atoms with Crippen molar-refractivity contribution in [3.63, 3.8) is 0 Å². The van der Waals surface area contributed by atoms with E-state index in [9.17, 15) is 9.18 Å². The molecular weight excluding hydrogens is 517 g/mol. The number of anilines is 2. The number of carbonyl (C=O) groups is 1. The van der Waals surface area contributed by atoms with E-state index in [2.05, 4.69) is 39.3 Å². The summed E-state index contributed by atoms with van der Waals surface area (Å²) in [5.41, 5.74) is 5.22. The van der Waals surface area contributed by atoms with Crippen LogP contribution in [0.25, 0.3) is 16.9 Å². The van der Waals surface area contributed by atoms with Gasteiger partial charge in [-0.05, 0) is 49.2 Å². The average molecular weight is 558 g/mol. The summed E-state index contributed by atoms with van der Waals surface area (Å²) in [6.07, 6.45) is 7.87. The number of imidazole rings is 1. The standard InChI is InChI=1S/C28H30FN7O.C4H10/c1-18-3-4-20(14-24(18)29)25-17-32-27-26(31-7-8-36(25)27)33-21-5-6-23(19(2)13-21)28(37)35-11-9-34(10-12-35)22-15-30-16-22;1-3-4-2/h3-8,13-14,17,22,30H,9-12,15-16H2,1-2H3,(H,31,33);3-4H2,1-2H3. The predicted octanol–water partition coefficient (Wildman–Crippen LogP) is 5.43. The first-order chi connectivity index (χ1) is 19.9. The molecule has 1 amide bonds. The number of nitrogens with zero attached hydrogens (tertiary/aromatic N) is 5. The summed E-state index contributed by atoms with van der Waals surface area (Å²) in [6, 6.07) is 11.5. The Bertz CT molecular complexity index is 1500. The number of benzene rings is 2. The Labute approximate surface area is 241 Å². The highest BCUT2D eigenvalue weighted by atomic mass is 19.1. The number of nitrogens with one attached hydrogen (secondary N) is 2. The number of aryl methyl sites for hydroxylation is 2. The molecule has 2 aliphatic heterocycles. The highest BCUT2D eigenvalue weighted by molar-refractivity contribution is 5.96. The zero-order valence-corrected chi connectivity index (χ0v) is 24.5. The van der Waals surface area contributed by atoms with Gasteiger partial charge in [0.05, 0.1) is 11.9 Å². The molecule has 9 heteroatoms. The van der Waals surface area contributed by atoms with Crippen LogP contribution in [-0.4, -0.2) is 75.4 Å². The summed E-state index contributed by atoms with van der Waals surface area (Å²) in [6.45, 7) is 13.5. The topological polar surface area (TPSA) is 77.8 Å². The zero-order chi connectivity index (χ0) is 28.9. The minimum Gasteiger partial charge on any atom is -0.337 e. The van der Waals surface area contributed by atoms with E-state index in [1.165, 1.54) is 18.9 Å². The molecule has 2 aromatic carbocycles. The predicted molar refractivity (Wildman–Crippen MR) is 162 cm³/mol. The van der Waals surface area contributed by atoms with Gasteiger partial charge in [-0.15, -0.1) is 0 Å². The van der Waals surface area contributed by atoms with Crippen LogP contribution in [0.15, 0.2) is 55.0 Å². The second kappa shape index (κ2) is 12.8. The van der Waals surface area contributed by atoms with Crippen LogP contribution in [-0.2, 0) is 0 Å². The van der Waals surface area contributed by atoms with Crippen LogP contribution >= 0.6 is 0 Å². The van der Waals surface area contributed by atoms with Crippen LogP contribution in [0.1, 0.15) is 48.2 Å². The summed E-state index contributed by atoms with van der Waals surface area (Å²) in [5, 5.41) is 6.66. The highest BCUT2D eigenvalue weighted by Gasteiger charge is 2.29. The molecule has 2 N–H and O–H groups in total. The number of hydrogen-bond acceptors (Lipinski definition) is 6. The van der Waals surface area contributed by atoms with E-state index in [0.29, 0.717) is 23.1 Å². The van der Waals surface area contributed by atoms with Crippen molar-refractivity contribution in [1.29, 1.82) is 0 Å². The summed E-state index contributed by atoms with van der Waals surface area (Å²) >= 11 is 0. The Morgan fingerprint density at radius 2 is 1.76 bits per heavy atom. The van der Waals surface area contributed by atoms with Crippen molar-refractivity contribution in [2.45, 2.75) is 46.6 Å². The third-order valence-corrected chi connectivity index (χ3v) is 7.99. The largest absolute Gasteiger partial charge is 0.337 e. The molecule has 0 aliphatic carbocycles. The number of carbonyl (C=O) groups excluding carboxylic acids is 1. The molecule has 4 aromatic rings. The molecule has 216 valence electrons. The SMILES string of the molecule is CCCC.Cc1ccc(-c2cnc3c(Nc4ccc(C(=O)N5CCN(C6CNC6)CC5)c(C)c4)nccn23)cc1F. The number of unbranched alkanes of at least 4 members (excludes halogenated alkanes) is 1. The first-order valence-electron chi connectivity index (χ1n) is 14.6. The van der Waals surface area contributed by atoms with Crippen molar-refractivity contribution >= 4 is 23.1 Å². The minimum absolute atomic E-state index is 0.0823. The Hall–Kier alpha value is -3.82. The molecule has 8 nitrogen and oxygen atoms in total. The normalized spacial score (nSPS) is 15.8. The molecule has 2 fully saturated rings. The van der Waals surface area contributed by atoms with Gasteiger partial charge in [-0.25, -0.2) is 14.4 Å². The molecule has 0 radical (unpaired) electrons. The van der Waals surface area contributed by atoms with Crippen LogP contribution in [0.4, 0.5) is 15.9 Å². The van der Waals surface area contributed by atoms with E-state index < -0.39 is 0 Å². The molecule has 0 saturated carbocycles. The van der Waals surface area contributed by atoms with E-state index in [1.54, 1.807) is 25.4 Å². The Morgan fingerprint density at radius 3 is 2.39 bits per heavy atom. The minimum atomic E-state index is -0.248. The number of hydrogen-bond donors (Lipinski definition) is 2. The van der Waals surface area contributed by atoms with Gasteiger partial charge in [-0.3, -0.25) is 14.1 Å². The fraction of sp³-hybridized carbons (Fsp3) is 0.406. The molecular formula is C32H40FN7O. The number of aromatic nitrogens is 3. The van der Waals surface area contributed by atoms with Gasteiger partial charge in [0.25, 0.3) is 5.91 Å². The van der Waals surface area contributed by atoms with Gasteiger partial charge < -0.3 is 15.5 Å². The van der Waals surface area contributed by atoms with E-state index in [-0.39, 0.29) is 11.7 Å². The quantitative estimate of drug-likeness (QED) is 0.329. The first kappa shape index (κ1) is 28.7. The Kier molecular flexibility index (Phi) is 8.95. The van der Waals surface area contributed by atoms with E-state index in [1.807, 2.05) is 46.7 Å². The van der Waals surface area contributed by atoms with Crippen molar-refractivity contribution in [2.75, 3.05) is 44.6 Å². The number of rotatable bonds is 6. The van der Waals surface area contributed by atoms with Crippen LogP contribution in [0.3, 0.4) is 0 Å². The van der Waals surface area contributed by atoms with Crippen LogP contribution in [0, 0.1) is 19.7 Å². The molecule has 6 rings (SSSR count). The average Bonchev–Trinajstić information content (AvgIpc) is 3.39. The lowest BCUT2D eigenvalue weighted by Crippen LogP contribution is -2.62. The van der Waals surface area contributed by atoms with Crippen LogP contribution < -0.4 is 10.6 Å². The Balaban J connectivity index is 0.000000794. The van der Waals surface area contributed by atoms with Gasteiger partial charge in [-0.1, -0.05) is 38.8 Å². The number of halogens is 1. The second-order valence-corrected chi connectivity index (χ2v) is 10.9. The molecule has 2 aliphatic rings. The van der Waals surface area contributed by atoms with Crippen molar-refractivity contribution in [3.8, 4) is 11.3 Å². The third kappa shape index (κ3) is 6.26. The van der Waals surface area contributed by atoms with Crippen molar-refractivity contribution < 1.29 is 9.18 Å². The van der Waals surface area contributed by atoms with E-state index >= 15 is 0 Å². The fourth-order valence-corrected chi connectivity index (χ4v) is 5.08. The molecule has 0 bridgehead atoms. The first-order valence-corrected chi connectivity index (χ1v) is 14.6. The van der Waals surface area contributed by atoms with Gasteiger partial charge >= 0.3 is 0 Å². The monoisotopic (exact) mass is 557 g/mol. The van der Waals surface area contributed by atoms with Gasteiger partial charge in [0.15, 0.2) is 11.5 Å². The lowest BCUT2D eigenvalue weighted by Gasteiger charge is -2.43. The molecule has 0 spiro atoms. The maximum Gasteiger partial charge on any atom is 0.254 e. The van der Waals surface area contributed by atoms with Gasteiger partial charge in [0, 0.05) is 74.5 Å². The van der Waals surface area contributed by atoms with E-state index in [0.717, 1.165) is 67.3 Å². The maximum atomic E-state index is 14.2. The zero-order valence-electron chi connectivity index (χ0n) is 24.5. The van der Waals surface area contributed by atoms with Crippen molar-refractivity contribution in [1.82, 2.24) is 29.5 Å². The summed E-state index contributed by atoms with van der Waals surface area (Å²) in [7, 11) is 0. The van der Waals surface area contributed by atoms with Crippen molar-refractivity contribution in [3.05, 3.63) is 77.5 Å². The molecule has 41 heavy (non-hydrogen) atoms.